The van der Waals surface area contributed by atoms with Gasteiger partial charge in [0.25, 0.3) is 11.8 Å². The van der Waals surface area contributed by atoms with Crippen LogP contribution in [0.15, 0.2) is 29.3 Å². The summed E-state index contributed by atoms with van der Waals surface area (Å²) in [6.45, 7) is 10.6. The molecule has 0 radical (unpaired) electrons. The molecule has 29 heavy (non-hydrogen) atoms. The van der Waals surface area contributed by atoms with Gasteiger partial charge in [-0.05, 0) is 45.7 Å². The molecule has 160 valence electrons. The van der Waals surface area contributed by atoms with Crippen molar-refractivity contribution in [3.05, 3.63) is 35.4 Å². The highest BCUT2D eigenvalue weighted by Gasteiger charge is 2.34. The Morgan fingerprint density at radius 2 is 1.83 bits per heavy atom. The molecule has 1 saturated heterocycles. The number of rotatable bonds is 6. The molecule has 6 nitrogen and oxygen atoms in total. The number of fused-ring (bicyclic) bond motifs is 1. The second-order valence-corrected chi connectivity index (χ2v) is 9.58. The lowest BCUT2D eigenvalue weighted by Crippen LogP contribution is -2.51. The first-order valence-electron chi connectivity index (χ1n) is 10.1. The second-order valence-electron chi connectivity index (χ2n) is 7.78. The van der Waals surface area contributed by atoms with E-state index in [2.05, 4.69) is 31.0 Å². The number of unbranched alkanes of at least 4 members (excludes halogenated alkanes) is 1. The summed E-state index contributed by atoms with van der Waals surface area (Å²) < 4.78 is 0.236. The molecular weight excluding hydrogens is 499 g/mol. The molecule has 8 heteroatoms. The number of benzene rings is 1. The first-order chi connectivity index (χ1) is 13.4. The number of halogens is 1. The Bertz CT molecular complexity index is 734. The number of nitrogens with one attached hydrogen (secondary N) is 1. The van der Waals surface area contributed by atoms with Gasteiger partial charge in [-0.25, -0.2) is 0 Å². The average Bonchev–Trinajstić information content (AvgIpc) is 2.91. The molecule has 1 aromatic rings. The number of amides is 2. The molecule has 1 N–H and O–H groups in total. The fraction of sp³-hybridized carbons (Fsp3) is 0.571. The molecular formula is C21H31IN4O2S. The van der Waals surface area contributed by atoms with Crippen molar-refractivity contribution in [2.24, 2.45) is 4.99 Å². The highest BCUT2D eigenvalue weighted by atomic mass is 127. The van der Waals surface area contributed by atoms with E-state index in [1.807, 2.05) is 11.8 Å². The van der Waals surface area contributed by atoms with Crippen LogP contribution in [0.1, 0.15) is 54.3 Å². The van der Waals surface area contributed by atoms with Crippen molar-refractivity contribution in [3.8, 4) is 0 Å². The molecule has 0 bridgehead atoms. The Hall–Kier alpha value is -1.29. The molecule has 0 saturated carbocycles. The Morgan fingerprint density at radius 1 is 1.17 bits per heavy atom. The molecule has 0 aliphatic carbocycles. The molecule has 0 unspecified atom stereocenters. The smallest absolute Gasteiger partial charge is 0.261 e. The van der Waals surface area contributed by atoms with Gasteiger partial charge in [-0.1, -0.05) is 12.1 Å². The van der Waals surface area contributed by atoms with Crippen LogP contribution < -0.4 is 5.32 Å². The summed E-state index contributed by atoms with van der Waals surface area (Å²) in [4.78, 5) is 33.3. The van der Waals surface area contributed by atoms with Crippen molar-refractivity contribution >= 4 is 53.5 Å². The number of thioether (sulfide) groups is 1. The molecule has 0 atom stereocenters. The summed E-state index contributed by atoms with van der Waals surface area (Å²) >= 11 is 2.01. The lowest BCUT2D eigenvalue weighted by atomic mass is 10.1. The van der Waals surface area contributed by atoms with Crippen molar-refractivity contribution in [2.45, 2.75) is 38.4 Å². The number of hydrogen-bond donors (Lipinski definition) is 1. The van der Waals surface area contributed by atoms with E-state index in [9.17, 15) is 9.59 Å². The normalized spacial score (nSPS) is 18.5. The van der Waals surface area contributed by atoms with E-state index in [1.54, 1.807) is 24.3 Å². The number of carbonyl (C=O) groups is 2. The first kappa shape index (κ1) is 24.0. The third-order valence-corrected chi connectivity index (χ3v) is 6.29. The van der Waals surface area contributed by atoms with Crippen molar-refractivity contribution in [3.63, 3.8) is 0 Å². The second kappa shape index (κ2) is 10.7. The topological polar surface area (TPSA) is 65.0 Å². The third-order valence-electron chi connectivity index (χ3n) is 4.99. The van der Waals surface area contributed by atoms with Crippen LogP contribution in [0.4, 0.5) is 0 Å². The quantitative estimate of drug-likeness (QED) is 0.201. The van der Waals surface area contributed by atoms with Crippen molar-refractivity contribution in [1.82, 2.24) is 15.1 Å². The number of imide groups is 1. The summed E-state index contributed by atoms with van der Waals surface area (Å²) in [5.41, 5.74) is 1.04. The van der Waals surface area contributed by atoms with E-state index in [0.29, 0.717) is 24.2 Å². The lowest BCUT2D eigenvalue weighted by molar-refractivity contribution is 0.0652. The van der Waals surface area contributed by atoms with Gasteiger partial charge in [0, 0.05) is 43.2 Å². The number of guanidine groups is 1. The summed E-state index contributed by atoms with van der Waals surface area (Å²) in [6.07, 6.45) is 1.60. The first-order valence-corrected chi connectivity index (χ1v) is 11.0. The minimum absolute atomic E-state index is 0. The van der Waals surface area contributed by atoms with Crippen LogP contribution in [0.25, 0.3) is 0 Å². The maximum Gasteiger partial charge on any atom is 0.261 e. The predicted molar refractivity (Wildman–Crippen MR) is 131 cm³/mol. The lowest BCUT2D eigenvalue weighted by Gasteiger charge is -2.39. The summed E-state index contributed by atoms with van der Waals surface area (Å²) in [5.74, 6) is 1.73. The molecule has 2 aliphatic rings. The summed E-state index contributed by atoms with van der Waals surface area (Å²) in [7, 11) is 0. The molecule has 0 spiro atoms. The molecule has 1 aromatic carbocycles. The van der Waals surface area contributed by atoms with Crippen LogP contribution >= 0.6 is 35.7 Å². The Balaban J connectivity index is 0.00000300. The molecule has 2 amide bonds. The van der Waals surface area contributed by atoms with E-state index in [-0.39, 0.29) is 40.5 Å². The van der Waals surface area contributed by atoms with Crippen molar-refractivity contribution < 1.29 is 9.59 Å². The summed E-state index contributed by atoms with van der Waals surface area (Å²) in [5, 5.41) is 3.40. The van der Waals surface area contributed by atoms with E-state index < -0.39 is 0 Å². The minimum atomic E-state index is -0.175. The van der Waals surface area contributed by atoms with E-state index in [0.717, 1.165) is 44.2 Å². The van der Waals surface area contributed by atoms with Crippen molar-refractivity contribution in [2.75, 3.05) is 38.5 Å². The maximum atomic E-state index is 12.4. The highest BCUT2D eigenvalue weighted by molar-refractivity contribution is 14.0. The molecule has 1 fully saturated rings. The van der Waals surface area contributed by atoms with Gasteiger partial charge in [0.05, 0.1) is 11.1 Å². The fourth-order valence-electron chi connectivity index (χ4n) is 3.63. The monoisotopic (exact) mass is 530 g/mol. The van der Waals surface area contributed by atoms with E-state index in [1.165, 1.54) is 4.90 Å². The number of aliphatic imine (C=N–C) groups is 1. The van der Waals surface area contributed by atoms with Crippen LogP contribution in [-0.4, -0.2) is 70.8 Å². The van der Waals surface area contributed by atoms with Gasteiger partial charge >= 0.3 is 0 Å². The maximum absolute atomic E-state index is 12.4. The van der Waals surface area contributed by atoms with Gasteiger partial charge in [-0.2, -0.15) is 11.8 Å². The number of nitrogens with zero attached hydrogens (tertiary/aromatic N) is 3. The zero-order valence-corrected chi connectivity index (χ0v) is 20.6. The van der Waals surface area contributed by atoms with Gasteiger partial charge in [-0.15, -0.1) is 24.0 Å². The van der Waals surface area contributed by atoms with Crippen molar-refractivity contribution in [1.29, 1.82) is 0 Å². The Morgan fingerprint density at radius 3 is 2.41 bits per heavy atom. The predicted octanol–water partition coefficient (Wildman–Crippen LogP) is 3.47. The fourth-order valence-corrected chi connectivity index (χ4v) is 4.74. The van der Waals surface area contributed by atoms with E-state index in [4.69, 9.17) is 4.99 Å². The molecule has 0 aromatic heterocycles. The van der Waals surface area contributed by atoms with Gasteiger partial charge in [-0.3, -0.25) is 19.5 Å². The van der Waals surface area contributed by atoms with Crippen LogP contribution in [0.2, 0.25) is 0 Å². The summed E-state index contributed by atoms with van der Waals surface area (Å²) in [6, 6.07) is 7.04. The highest BCUT2D eigenvalue weighted by Crippen LogP contribution is 2.29. The van der Waals surface area contributed by atoms with Crippen LogP contribution in [-0.2, 0) is 0 Å². The number of carbonyl (C=O) groups excluding carboxylic acids is 2. The van der Waals surface area contributed by atoms with Gasteiger partial charge < -0.3 is 10.2 Å². The third kappa shape index (κ3) is 5.87. The Labute approximate surface area is 194 Å². The largest absolute Gasteiger partial charge is 0.357 e. The van der Waals surface area contributed by atoms with Crippen LogP contribution in [0, 0.1) is 0 Å². The zero-order chi connectivity index (χ0) is 20.1. The van der Waals surface area contributed by atoms with Gasteiger partial charge in [0.1, 0.15) is 0 Å². The SMILES string of the molecule is CCNC(=NCCCCN1C(=O)c2ccccc2C1=O)N1CCSC(C)(C)C1.I. The van der Waals surface area contributed by atoms with Crippen LogP contribution in [0.3, 0.4) is 0 Å². The van der Waals surface area contributed by atoms with Gasteiger partial charge in [0.15, 0.2) is 5.96 Å². The molecule has 3 rings (SSSR count). The standard InChI is InChI=1S/C21H30N4O2S.HI/c1-4-22-20(24-13-14-28-21(2,3)15-24)23-11-7-8-12-25-18(26)16-9-5-6-10-17(16)19(25)27;/h5-6,9-10H,4,7-8,11-15H2,1-3H3,(H,22,23);1H. The van der Waals surface area contributed by atoms with E-state index >= 15 is 0 Å². The average molecular weight is 530 g/mol. The molecule has 2 aliphatic heterocycles. The minimum Gasteiger partial charge on any atom is -0.357 e. The van der Waals surface area contributed by atoms with Crippen LogP contribution in [0.5, 0.6) is 0 Å². The zero-order valence-electron chi connectivity index (χ0n) is 17.4. The molecule has 2 heterocycles. The Kier molecular flexibility index (Phi) is 8.81. The van der Waals surface area contributed by atoms with Gasteiger partial charge in [0.2, 0.25) is 0 Å². The number of hydrogen-bond acceptors (Lipinski definition) is 4.